The number of anilines is 1. The lowest BCUT2D eigenvalue weighted by atomic mass is 9.44. The number of nitrogens with zero attached hydrogens (tertiary/aromatic N) is 3. The maximum absolute atomic E-state index is 13.2. The van der Waals surface area contributed by atoms with Crippen LogP contribution in [-0.2, 0) is 18.3 Å². The summed E-state index contributed by atoms with van der Waals surface area (Å²) < 4.78 is 6.98. The van der Waals surface area contributed by atoms with E-state index in [4.69, 9.17) is 9.72 Å². The molecule has 180 valence electrons. The fourth-order valence-corrected chi connectivity index (χ4v) is 8.40. The summed E-state index contributed by atoms with van der Waals surface area (Å²) in [7, 11) is 4.21. The van der Waals surface area contributed by atoms with Gasteiger partial charge in [-0.1, -0.05) is 39.0 Å². The predicted octanol–water partition coefficient (Wildman–Crippen LogP) is 5.35. The van der Waals surface area contributed by atoms with Crippen LogP contribution in [0.1, 0.15) is 71.6 Å². The molecule has 5 heteroatoms. The van der Waals surface area contributed by atoms with E-state index in [1.165, 1.54) is 22.3 Å². The molecule has 0 unspecified atom stereocenters. The first-order valence-corrected chi connectivity index (χ1v) is 13.1. The van der Waals surface area contributed by atoms with Crippen LogP contribution >= 0.6 is 0 Å². The molecule has 5 aliphatic rings. The third-order valence-electron chi connectivity index (χ3n) is 9.91. The highest BCUT2D eigenvalue weighted by atomic mass is 16.5. The third-order valence-corrected chi connectivity index (χ3v) is 9.91. The van der Waals surface area contributed by atoms with Crippen molar-refractivity contribution in [2.24, 2.45) is 5.41 Å². The molecule has 3 aliphatic heterocycles. The summed E-state index contributed by atoms with van der Waals surface area (Å²) in [5, 5.41) is 1.02. The van der Waals surface area contributed by atoms with Crippen LogP contribution in [-0.4, -0.2) is 42.5 Å². The SMILES string of the molecule is CC.Cc1ccc2c3c1O[C@H]1c4nc5cccc6c5c(c4C[C@@]4(C)[C@@H](C2)N(C)CC[C@]314)N(C)C6=O. The van der Waals surface area contributed by atoms with Crippen LogP contribution in [0, 0.1) is 12.3 Å². The Morgan fingerprint density at radius 3 is 2.74 bits per heavy atom. The number of carbonyl (C=O) groups is 1. The molecule has 8 rings (SSSR count). The first-order valence-electron chi connectivity index (χ1n) is 13.1. The number of carbonyl (C=O) groups excluding carboxylic acids is 1. The molecule has 0 N–H and O–H groups in total. The molecule has 1 amide bonds. The van der Waals surface area contributed by atoms with Gasteiger partial charge in [0.05, 0.1) is 27.9 Å². The number of hydrogen-bond acceptors (Lipinski definition) is 4. The van der Waals surface area contributed by atoms with Gasteiger partial charge in [-0.25, -0.2) is 4.98 Å². The summed E-state index contributed by atoms with van der Waals surface area (Å²) in [4.78, 5) is 22.9. The second kappa shape index (κ2) is 6.64. The van der Waals surface area contributed by atoms with E-state index in [9.17, 15) is 4.79 Å². The zero-order chi connectivity index (χ0) is 24.4. The minimum atomic E-state index is -0.106. The molecule has 1 saturated heterocycles. The Labute approximate surface area is 207 Å². The molecule has 1 fully saturated rings. The van der Waals surface area contributed by atoms with Gasteiger partial charge in [0.25, 0.3) is 5.91 Å². The topological polar surface area (TPSA) is 45.7 Å². The van der Waals surface area contributed by atoms with Crippen molar-refractivity contribution in [1.82, 2.24) is 9.88 Å². The van der Waals surface area contributed by atoms with Gasteiger partial charge in [-0.3, -0.25) is 4.79 Å². The monoisotopic (exact) mass is 467 g/mol. The van der Waals surface area contributed by atoms with Crippen molar-refractivity contribution in [2.45, 2.75) is 64.5 Å². The molecular weight excluding hydrogens is 434 g/mol. The summed E-state index contributed by atoms with van der Waals surface area (Å²) in [6.45, 7) is 9.74. The van der Waals surface area contributed by atoms with Gasteiger partial charge in [0.15, 0.2) is 6.10 Å². The molecule has 3 aromatic rings. The maximum atomic E-state index is 13.2. The van der Waals surface area contributed by atoms with Gasteiger partial charge >= 0.3 is 0 Å². The summed E-state index contributed by atoms with van der Waals surface area (Å²) >= 11 is 0. The van der Waals surface area contributed by atoms with E-state index >= 15 is 0 Å². The number of likely N-dealkylation sites (N-methyl/N-ethyl adjacent to an activating group) is 1. The van der Waals surface area contributed by atoms with Gasteiger partial charge in [0.2, 0.25) is 0 Å². The second-order valence-corrected chi connectivity index (χ2v) is 11.1. The largest absolute Gasteiger partial charge is 0.483 e. The van der Waals surface area contributed by atoms with Crippen LogP contribution in [0.15, 0.2) is 30.3 Å². The number of ether oxygens (including phenoxy) is 1. The van der Waals surface area contributed by atoms with Crippen LogP contribution in [0.2, 0.25) is 0 Å². The molecule has 0 saturated carbocycles. The van der Waals surface area contributed by atoms with Crippen molar-refractivity contribution in [3.05, 3.63) is 63.8 Å². The number of aromatic nitrogens is 1. The fraction of sp³-hybridized carbons (Fsp3) is 0.467. The zero-order valence-corrected chi connectivity index (χ0v) is 21.5. The molecular formula is C30H33N3O2. The minimum absolute atomic E-state index is 0.0109. The summed E-state index contributed by atoms with van der Waals surface area (Å²) in [5.41, 5.74) is 9.11. The molecule has 5 nitrogen and oxygen atoms in total. The number of rotatable bonds is 0. The van der Waals surface area contributed by atoms with E-state index in [2.05, 4.69) is 44.0 Å². The fourth-order valence-electron chi connectivity index (χ4n) is 8.40. The van der Waals surface area contributed by atoms with Gasteiger partial charge in [-0.15, -0.1) is 0 Å². The van der Waals surface area contributed by atoms with E-state index in [1.54, 1.807) is 0 Å². The maximum Gasteiger partial charge on any atom is 0.258 e. The third kappa shape index (κ3) is 2.17. The molecule has 1 spiro atoms. The normalized spacial score (nSPS) is 31.0. The molecule has 4 heterocycles. The standard InChI is InChI=1S/C28H27N3O2.C2H6/c1-14-8-9-15-12-19-27(2)13-17-22(25-28(27,10-11-30(19)3)21(15)24(14)33-25)29-18-7-5-6-16-20(18)23(17)31(4)26(16)32;1-2/h5-9,19,25H,10-13H2,1-4H3;1-2H3/t19-,25+,27+,28+;/m1./s1. The molecule has 0 radical (unpaired) electrons. The first-order chi connectivity index (χ1) is 16.9. The highest BCUT2D eigenvalue weighted by Crippen LogP contribution is 2.71. The highest BCUT2D eigenvalue weighted by molar-refractivity contribution is 6.25. The Kier molecular flexibility index (Phi) is 4.05. The average molecular weight is 468 g/mol. The lowest BCUT2D eigenvalue weighted by Gasteiger charge is -2.64. The van der Waals surface area contributed by atoms with Crippen LogP contribution in [0.25, 0.3) is 10.9 Å². The zero-order valence-electron chi connectivity index (χ0n) is 21.5. The van der Waals surface area contributed by atoms with E-state index in [0.29, 0.717) is 6.04 Å². The predicted molar refractivity (Wildman–Crippen MR) is 139 cm³/mol. The Balaban J connectivity index is 0.00000103. The lowest BCUT2D eigenvalue weighted by Crippen LogP contribution is -2.68. The van der Waals surface area contributed by atoms with E-state index < -0.39 is 0 Å². The summed E-state index contributed by atoms with van der Waals surface area (Å²) in [5.74, 6) is 1.17. The van der Waals surface area contributed by atoms with Crippen molar-refractivity contribution in [1.29, 1.82) is 0 Å². The first kappa shape index (κ1) is 21.4. The Hall–Kier alpha value is -2.92. The second-order valence-electron chi connectivity index (χ2n) is 11.1. The number of benzene rings is 2. The molecule has 2 aromatic carbocycles. The van der Waals surface area contributed by atoms with Gasteiger partial charge in [-0.05, 0) is 63.0 Å². The minimum Gasteiger partial charge on any atom is -0.483 e. The number of likely N-dealkylation sites (tertiary alicyclic amines) is 1. The van der Waals surface area contributed by atoms with E-state index in [0.717, 1.165) is 59.4 Å². The smallest absolute Gasteiger partial charge is 0.258 e. The van der Waals surface area contributed by atoms with Crippen LogP contribution in [0.3, 0.4) is 0 Å². The van der Waals surface area contributed by atoms with Crippen molar-refractivity contribution in [3.63, 3.8) is 0 Å². The van der Waals surface area contributed by atoms with Gasteiger partial charge in [0.1, 0.15) is 5.75 Å². The van der Waals surface area contributed by atoms with E-state index in [-0.39, 0.29) is 22.8 Å². The number of fused-ring (bicyclic) bond motifs is 3. The number of pyridine rings is 1. The number of hydrogen-bond donors (Lipinski definition) is 0. The number of amides is 1. The Morgan fingerprint density at radius 2 is 1.94 bits per heavy atom. The van der Waals surface area contributed by atoms with Crippen molar-refractivity contribution < 1.29 is 9.53 Å². The summed E-state index contributed by atoms with van der Waals surface area (Å²) in [6.07, 6.45) is 2.95. The summed E-state index contributed by atoms with van der Waals surface area (Å²) in [6, 6.07) is 11.0. The number of piperidine rings is 1. The van der Waals surface area contributed by atoms with Crippen LogP contribution in [0.4, 0.5) is 5.69 Å². The Morgan fingerprint density at radius 1 is 1.14 bits per heavy atom. The quantitative estimate of drug-likeness (QED) is 0.447. The Bertz CT molecular complexity index is 1460. The van der Waals surface area contributed by atoms with Crippen molar-refractivity contribution in [3.8, 4) is 5.75 Å². The van der Waals surface area contributed by atoms with Gasteiger partial charge < -0.3 is 14.5 Å². The molecule has 35 heavy (non-hydrogen) atoms. The van der Waals surface area contributed by atoms with Gasteiger partial charge in [0, 0.05) is 35.0 Å². The van der Waals surface area contributed by atoms with Crippen LogP contribution < -0.4 is 9.64 Å². The average Bonchev–Trinajstić information content (AvgIpc) is 3.34. The van der Waals surface area contributed by atoms with Crippen molar-refractivity contribution >= 4 is 22.5 Å². The van der Waals surface area contributed by atoms with E-state index in [1.807, 2.05) is 37.9 Å². The highest BCUT2D eigenvalue weighted by Gasteiger charge is 2.70. The number of aryl methyl sites for hydroxylation is 1. The molecule has 2 bridgehead atoms. The lowest BCUT2D eigenvalue weighted by molar-refractivity contribution is -0.0908. The van der Waals surface area contributed by atoms with Crippen LogP contribution in [0.5, 0.6) is 5.75 Å². The van der Waals surface area contributed by atoms with Gasteiger partial charge in [-0.2, -0.15) is 0 Å². The molecule has 1 aromatic heterocycles. The molecule has 2 aliphatic carbocycles. The molecule has 4 atom stereocenters. The van der Waals surface area contributed by atoms with Crippen molar-refractivity contribution in [2.75, 3.05) is 25.5 Å².